The average Bonchev–Trinajstić information content (AvgIpc) is 3.35. The quantitative estimate of drug-likeness (QED) is 0.575. The molecule has 1 N–H and O–H groups in total. The van der Waals surface area contributed by atoms with Crippen molar-refractivity contribution in [3.63, 3.8) is 0 Å². The summed E-state index contributed by atoms with van der Waals surface area (Å²) >= 11 is 7.77. The Kier molecular flexibility index (Phi) is 5.70. The first kappa shape index (κ1) is 19.7. The molecular weight excluding hydrogens is 418 g/mol. The van der Waals surface area contributed by atoms with Crippen molar-refractivity contribution in [2.24, 2.45) is 0 Å². The molecule has 4 rings (SSSR count). The van der Waals surface area contributed by atoms with Gasteiger partial charge in [-0.25, -0.2) is 4.79 Å². The molecule has 3 heterocycles. The van der Waals surface area contributed by atoms with E-state index in [4.69, 9.17) is 21.1 Å². The molecule has 0 bridgehead atoms. The van der Waals surface area contributed by atoms with Gasteiger partial charge in [0.2, 0.25) is 0 Å². The number of ether oxygens (including phenoxy) is 2. The van der Waals surface area contributed by atoms with Crippen molar-refractivity contribution in [1.82, 2.24) is 5.32 Å². The van der Waals surface area contributed by atoms with Gasteiger partial charge in [-0.3, -0.25) is 14.5 Å². The fourth-order valence-corrected chi connectivity index (χ4v) is 4.14. The van der Waals surface area contributed by atoms with Gasteiger partial charge in [0, 0.05) is 17.9 Å². The molecule has 152 valence electrons. The van der Waals surface area contributed by atoms with E-state index < -0.39 is 17.7 Å². The van der Waals surface area contributed by atoms with E-state index >= 15 is 0 Å². The molecule has 2 aromatic rings. The molecule has 0 spiro atoms. The Labute approximate surface area is 175 Å². The Morgan fingerprint density at radius 2 is 1.97 bits per heavy atom. The molecule has 0 aliphatic carbocycles. The SMILES string of the molecule is O=C(NC[C@@H]1OC(=O)N(c2ccc(N3CCOCC3=O)cc2)[C@H]1Cl)c1cccs1. The van der Waals surface area contributed by atoms with E-state index in [-0.39, 0.29) is 25.0 Å². The minimum atomic E-state index is -0.776. The summed E-state index contributed by atoms with van der Waals surface area (Å²) in [5.41, 5.74) is 0.494. The number of thiophene rings is 1. The lowest BCUT2D eigenvalue weighted by Gasteiger charge is -2.27. The fraction of sp³-hybridized carbons (Fsp3) is 0.316. The second kappa shape index (κ2) is 8.40. The molecule has 2 aliphatic rings. The molecule has 1 aromatic heterocycles. The van der Waals surface area contributed by atoms with E-state index in [1.165, 1.54) is 16.2 Å². The van der Waals surface area contributed by atoms with E-state index in [9.17, 15) is 14.4 Å². The van der Waals surface area contributed by atoms with Crippen LogP contribution in [0.5, 0.6) is 0 Å². The summed E-state index contributed by atoms with van der Waals surface area (Å²) < 4.78 is 10.5. The zero-order valence-corrected chi connectivity index (χ0v) is 16.8. The topological polar surface area (TPSA) is 88.2 Å². The van der Waals surface area contributed by atoms with Gasteiger partial charge >= 0.3 is 6.09 Å². The van der Waals surface area contributed by atoms with Crippen molar-refractivity contribution in [2.75, 3.05) is 36.1 Å². The van der Waals surface area contributed by atoms with Gasteiger partial charge in [0.1, 0.15) is 6.61 Å². The number of amides is 3. The van der Waals surface area contributed by atoms with Crippen LogP contribution in [-0.4, -0.2) is 55.8 Å². The number of nitrogens with zero attached hydrogens (tertiary/aromatic N) is 2. The van der Waals surface area contributed by atoms with Gasteiger partial charge in [0.25, 0.3) is 11.8 Å². The Hall–Kier alpha value is -2.62. The summed E-state index contributed by atoms with van der Waals surface area (Å²) in [4.78, 5) is 39.9. The number of carbonyl (C=O) groups excluding carboxylic acids is 3. The summed E-state index contributed by atoms with van der Waals surface area (Å²) in [6, 6.07) is 10.4. The highest BCUT2D eigenvalue weighted by Crippen LogP contribution is 2.31. The number of hydrogen-bond donors (Lipinski definition) is 1. The highest BCUT2D eigenvalue weighted by molar-refractivity contribution is 7.12. The van der Waals surface area contributed by atoms with E-state index in [1.807, 2.05) is 5.38 Å². The first-order valence-electron chi connectivity index (χ1n) is 8.98. The van der Waals surface area contributed by atoms with Gasteiger partial charge in [-0.2, -0.15) is 0 Å². The summed E-state index contributed by atoms with van der Waals surface area (Å²) in [7, 11) is 0. The summed E-state index contributed by atoms with van der Waals surface area (Å²) in [6.07, 6.45) is -1.27. The first-order valence-corrected chi connectivity index (χ1v) is 10.3. The maximum atomic E-state index is 12.3. The molecule has 2 atom stereocenters. The molecule has 10 heteroatoms. The highest BCUT2D eigenvalue weighted by Gasteiger charge is 2.41. The number of anilines is 2. The predicted octanol–water partition coefficient (Wildman–Crippen LogP) is 2.43. The normalized spacial score (nSPS) is 22.0. The van der Waals surface area contributed by atoms with Crippen LogP contribution >= 0.6 is 22.9 Å². The smallest absolute Gasteiger partial charge is 0.416 e. The van der Waals surface area contributed by atoms with Gasteiger partial charge in [0.15, 0.2) is 11.6 Å². The molecule has 0 saturated carbocycles. The number of cyclic esters (lactones) is 1. The molecule has 29 heavy (non-hydrogen) atoms. The molecule has 8 nitrogen and oxygen atoms in total. The maximum absolute atomic E-state index is 12.3. The number of nitrogens with one attached hydrogen (secondary N) is 1. The van der Waals surface area contributed by atoms with Gasteiger partial charge < -0.3 is 19.7 Å². The van der Waals surface area contributed by atoms with Gasteiger partial charge in [0.05, 0.1) is 18.0 Å². The standard InChI is InChI=1S/C19H18ClN3O5S/c20-17-14(10-21-18(25)15-2-1-9-29-15)28-19(26)23(17)13-5-3-12(4-6-13)22-7-8-27-11-16(22)24/h1-6,9,14,17H,7-8,10-11H2,(H,21,25)/t14-,17+/m0/s1. The molecule has 0 unspecified atom stereocenters. The average molecular weight is 436 g/mol. The highest BCUT2D eigenvalue weighted by atomic mass is 35.5. The number of rotatable bonds is 5. The van der Waals surface area contributed by atoms with Crippen LogP contribution < -0.4 is 15.1 Å². The summed E-state index contributed by atoms with van der Waals surface area (Å²) in [5, 5.41) is 4.54. The third-order valence-electron chi connectivity index (χ3n) is 4.64. The number of morpholine rings is 1. The molecule has 1 aromatic carbocycles. The van der Waals surface area contributed by atoms with Crippen molar-refractivity contribution >= 4 is 52.2 Å². The zero-order valence-electron chi connectivity index (χ0n) is 15.2. The second-order valence-corrected chi connectivity index (χ2v) is 7.86. The van der Waals surface area contributed by atoms with Crippen molar-refractivity contribution in [1.29, 1.82) is 0 Å². The van der Waals surface area contributed by atoms with Gasteiger partial charge in [-0.15, -0.1) is 11.3 Å². The summed E-state index contributed by atoms with van der Waals surface area (Å²) in [6.45, 7) is 1.12. The third-order valence-corrected chi connectivity index (χ3v) is 5.98. The lowest BCUT2D eigenvalue weighted by atomic mass is 10.2. The van der Waals surface area contributed by atoms with Gasteiger partial charge in [-0.1, -0.05) is 17.7 Å². The molecule has 2 saturated heterocycles. The van der Waals surface area contributed by atoms with E-state index in [0.29, 0.717) is 23.7 Å². The number of benzene rings is 1. The van der Waals surface area contributed by atoms with Crippen LogP contribution in [0.1, 0.15) is 9.67 Å². The lowest BCUT2D eigenvalue weighted by molar-refractivity contribution is -0.125. The second-order valence-electron chi connectivity index (χ2n) is 6.47. The van der Waals surface area contributed by atoms with Crippen LogP contribution in [-0.2, 0) is 14.3 Å². The van der Waals surface area contributed by atoms with Crippen LogP contribution in [0, 0.1) is 0 Å². The van der Waals surface area contributed by atoms with E-state index in [1.54, 1.807) is 41.3 Å². The van der Waals surface area contributed by atoms with Crippen LogP contribution in [0.2, 0.25) is 0 Å². The predicted molar refractivity (Wildman–Crippen MR) is 109 cm³/mol. The minimum absolute atomic E-state index is 0.0584. The van der Waals surface area contributed by atoms with Crippen molar-refractivity contribution in [3.8, 4) is 0 Å². The molecule has 2 fully saturated rings. The van der Waals surface area contributed by atoms with Crippen molar-refractivity contribution in [3.05, 3.63) is 46.7 Å². The molecule has 3 amide bonds. The van der Waals surface area contributed by atoms with Crippen molar-refractivity contribution < 1.29 is 23.9 Å². The van der Waals surface area contributed by atoms with Crippen LogP contribution in [0.15, 0.2) is 41.8 Å². The van der Waals surface area contributed by atoms with E-state index in [2.05, 4.69) is 5.32 Å². The first-order chi connectivity index (χ1) is 14.0. The molecule has 0 radical (unpaired) electrons. The Morgan fingerprint density at radius 3 is 2.66 bits per heavy atom. The van der Waals surface area contributed by atoms with Crippen molar-refractivity contribution in [2.45, 2.75) is 11.6 Å². The van der Waals surface area contributed by atoms with Crippen LogP contribution in [0.25, 0.3) is 0 Å². The fourth-order valence-electron chi connectivity index (χ4n) is 3.17. The third kappa shape index (κ3) is 4.07. The number of hydrogen-bond acceptors (Lipinski definition) is 6. The number of halogens is 1. The Bertz CT molecular complexity index is 905. The number of alkyl halides is 1. The van der Waals surface area contributed by atoms with E-state index in [0.717, 1.165) is 5.69 Å². The maximum Gasteiger partial charge on any atom is 0.416 e. The Balaban J connectivity index is 1.41. The van der Waals surface area contributed by atoms with Crippen LogP contribution in [0.3, 0.4) is 0 Å². The molecule has 2 aliphatic heterocycles. The minimum Gasteiger partial charge on any atom is -0.440 e. The molecular formula is C19H18ClN3O5S. The Morgan fingerprint density at radius 1 is 1.21 bits per heavy atom. The van der Waals surface area contributed by atoms with Crippen LogP contribution in [0.4, 0.5) is 16.2 Å². The number of carbonyl (C=O) groups is 3. The zero-order chi connectivity index (χ0) is 20.4. The summed E-state index contributed by atoms with van der Waals surface area (Å²) in [5.74, 6) is -0.348. The van der Waals surface area contributed by atoms with Gasteiger partial charge in [-0.05, 0) is 35.7 Å². The largest absolute Gasteiger partial charge is 0.440 e. The monoisotopic (exact) mass is 435 g/mol. The lowest BCUT2D eigenvalue weighted by Crippen LogP contribution is -2.41.